The highest BCUT2D eigenvalue weighted by Gasteiger charge is 2.18. The Balaban J connectivity index is 2.08. The summed E-state index contributed by atoms with van der Waals surface area (Å²) in [5, 5.41) is 11.9. The van der Waals surface area contributed by atoms with Crippen molar-refractivity contribution in [2.45, 2.75) is 12.8 Å². The minimum absolute atomic E-state index is 0.358. The van der Waals surface area contributed by atoms with Gasteiger partial charge in [0.05, 0.1) is 5.56 Å². The third-order valence-electron chi connectivity index (χ3n) is 4.32. The molecule has 3 aromatic carbocycles. The van der Waals surface area contributed by atoms with E-state index in [-0.39, 0.29) is 0 Å². The summed E-state index contributed by atoms with van der Waals surface area (Å²) in [5.74, 6) is -0.881. The summed E-state index contributed by atoms with van der Waals surface area (Å²) in [4.78, 5) is 11.5. The van der Waals surface area contributed by atoms with Crippen molar-refractivity contribution in [1.29, 1.82) is 0 Å². The molecule has 2 heteroatoms. The van der Waals surface area contributed by atoms with Crippen LogP contribution in [0.4, 0.5) is 0 Å². The maximum absolute atomic E-state index is 11.5. The largest absolute Gasteiger partial charge is 0.478 e. The van der Waals surface area contributed by atoms with E-state index in [0.717, 1.165) is 29.4 Å². The number of carboxylic acid groups (broad SMARTS) is 1. The van der Waals surface area contributed by atoms with Crippen molar-refractivity contribution in [2.24, 2.45) is 0 Å². The van der Waals surface area contributed by atoms with Gasteiger partial charge in [0.15, 0.2) is 0 Å². The molecule has 3 aromatic rings. The van der Waals surface area contributed by atoms with Gasteiger partial charge in [-0.3, -0.25) is 0 Å². The lowest BCUT2D eigenvalue weighted by Gasteiger charge is -2.11. The van der Waals surface area contributed by atoms with Crippen LogP contribution >= 0.6 is 0 Å². The van der Waals surface area contributed by atoms with Gasteiger partial charge in [0.2, 0.25) is 0 Å². The molecular formula is C19H14O2. The smallest absolute Gasteiger partial charge is 0.336 e. The molecule has 1 N–H and O–H groups in total. The van der Waals surface area contributed by atoms with Gasteiger partial charge in [-0.25, -0.2) is 4.79 Å². The predicted molar refractivity (Wildman–Crippen MR) is 83.8 cm³/mol. The maximum atomic E-state index is 11.5. The highest BCUT2D eigenvalue weighted by Crippen LogP contribution is 2.37. The highest BCUT2D eigenvalue weighted by molar-refractivity contribution is 6.05. The van der Waals surface area contributed by atoms with Gasteiger partial charge < -0.3 is 5.11 Å². The van der Waals surface area contributed by atoms with Crippen LogP contribution in [0.3, 0.4) is 0 Å². The molecule has 102 valence electrons. The van der Waals surface area contributed by atoms with E-state index >= 15 is 0 Å². The van der Waals surface area contributed by atoms with Crippen molar-refractivity contribution >= 4 is 16.7 Å². The second-order valence-corrected chi connectivity index (χ2v) is 5.46. The minimum Gasteiger partial charge on any atom is -0.478 e. The molecule has 4 rings (SSSR count). The van der Waals surface area contributed by atoms with E-state index in [2.05, 4.69) is 30.3 Å². The number of rotatable bonds is 2. The van der Waals surface area contributed by atoms with Gasteiger partial charge in [-0.05, 0) is 51.9 Å². The summed E-state index contributed by atoms with van der Waals surface area (Å²) in [5.41, 5.74) is 4.90. The topological polar surface area (TPSA) is 37.3 Å². The van der Waals surface area contributed by atoms with Crippen LogP contribution in [-0.2, 0) is 12.8 Å². The third-order valence-corrected chi connectivity index (χ3v) is 4.32. The number of aryl methyl sites for hydroxylation is 2. The lowest BCUT2D eigenvalue weighted by molar-refractivity contribution is 0.0698. The van der Waals surface area contributed by atoms with E-state index in [0.29, 0.717) is 5.56 Å². The summed E-state index contributed by atoms with van der Waals surface area (Å²) >= 11 is 0. The highest BCUT2D eigenvalue weighted by atomic mass is 16.4. The summed E-state index contributed by atoms with van der Waals surface area (Å²) < 4.78 is 0. The Labute approximate surface area is 122 Å². The second kappa shape index (κ2) is 4.45. The van der Waals surface area contributed by atoms with Crippen LogP contribution in [0.5, 0.6) is 0 Å². The normalized spacial score (nSPS) is 12.8. The Morgan fingerprint density at radius 1 is 0.810 bits per heavy atom. The molecule has 0 unspecified atom stereocenters. The summed E-state index contributed by atoms with van der Waals surface area (Å²) in [6.07, 6.45) is 2.16. The van der Waals surface area contributed by atoms with Gasteiger partial charge in [0.1, 0.15) is 0 Å². The molecule has 0 atom stereocenters. The van der Waals surface area contributed by atoms with E-state index in [9.17, 15) is 9.90 Å². The first kappa shape index (κ1) is 12.2. The molecule has 0 saturated heterocycles. The first-order chi connectivity index (χ1) is 10.3. The van der Waals surface area contributed by atoms with Crippen LogP contribution in [-0.4, -0.2) is 11.1 Å². The SMILES string of the molecule is O=C(O)c1ccccc1-c1ccc2c3c(cccc13)CC2. The Bertz CT molecular complexity index is 868. The van der Waals surface area contributed by atoms with Crippen LogP contribution in [0.1, 0.15) is 21.5 Å². The predicted octanol–water partition coefficient (Wildman–Crippen LogP) is 4.30. The average molecular weight is 274 g/mol. The summed E-state index contributed by atoms with van der Waals surface area (Å²) in [6.45, 7) is 0. The molecule has 0 amide bonds. The number of aromatic carboxylic acids is 1. The van der Waals surface area contributed by atoms with Crippen LogP contribution in [0.25, 0.3) is 21.9 Å². The molecule has 0 fully saturated rings. The molecule has 2 nitrogen and oxygen atoms in total. The van der Waals surface area contributed by atoms with E-state index in [1.165, 1.54) is 16.5 Å². The van der Waals surface area contributed by atoms with Crippen molar-refractivity contribution < 1.29 is 9.90 Å². The fraction of sp³-hybridized carbons (Fsp3) is 0.105. The van der Waals surface area contributed by atoms with E-state index in [4.69, 9.17) is 0 Å². The molecule has 0 saturated carbocycles. The molecule has 0 spiro atoms. The zero-order chi connectivity index (χ0) is 14.4. The zero-order valence-electron chi connectivity index (χ0n) is 11.5. The molecule has 0 aromatic heterocycles. The molecule has 0 heterocycles. The molecular weight excluding hydrogens is 260 g/mol. The fourth-order valence-corrected chi connectivity index (χ4v) is 3.39. The van der Waals surface area contributed by atoms with Crippen LogP contribution < -0.4 is 0 Å². The maximum Gasteiger partial charge on any atom is 0.336 e. The Morgan fingerprint density at radius 3 is 2.38 bits per heavy atom. The van der Waals surface area contributed by atoms with Crippen molar-refractivity contribution in [3.8, 4) is 11.1 Å². The third kappa shape index (κ3) is 1.76. The van der Waals surface area contributed by atoms with Gasteiger partial charge >= 0.3 is 5.97 Å². The Hall–Kier alpha value is -2.61. The first-order valence-electron chi connectivity index (χ1n) is 7.12. The Kier molecular flexibility index (Phi) is 2.58. The van der Waals surface area contributed by atoms with E-state index in [1.54, 1.807) is 12.1 Å². The van der Waals surface area contributed by atoms with E-state index in [1.807, 2.05) is 12.1 Å². The van der Waals surface area contributed by atoms with Crippen molar-refractivity contribution in [1.82, 2.24) is 0 Å². The lowest BCUT2D eigenvalue weighted by Crippen LogP contribution is -1.99. The van der Waals surface area contributed by atoms with Gasteiger partial charge in [-0.1, -0.05) is 48.5 Å². The molecule has 1 aliphatic rings. The number of carboxylic acids is 1. The van der Waals surface area contributed by atoms with Crippen LogP contribution in [0, 0.1) is 0 Å². The number of hydrogen-bond donors (Lipinski definition) is 1. The molecule has 21 heavy (non-hydrogen) atoms. The van der Waals surface area contributed by atoms with Crippen molar-refractivity contribution in [2.75, 3.05) is 0 Å². The quantitative estimate of drug-likeness (QED) is 0.756. The van der Waals surface area contributed by atoms with E-state index < -0.39 is 5.97 Å². The van der Waals surface area contributed by atoms with Crippen LogP contribution in [0.2, 0.25) is 0 Å². The minimum atomic E-state index is -0.881. The average Bonchev–Trinajstić information content (AvgIpc) is 2.93. The van der Waals surface area contributed by atoms with Crippen molar-refractivity contribution in [3.63, 3.8) is 0 Å². The summed E-state index contributed by atoms with van der Waals surface area (Å²) in [6, 6.07) is 17.8. The van der Waals surface area contributed by atoms with Crippen LogP contribution in [0.15, 0.2) is 54.6 Å². The lowest BCUT2D eigenvalue weighted by atomic mass is 9.92. The number of carbonyl (C=O) groups is 1. The van der Waals surface area contributed by atoms with Gasteiger partial charge in [-0.2, -0.15) is 0 Å². The molecule has 1 aliphatic carbocycles. The molecule has 0 radical (unpaired) electrons. The monoisotopic (exact) mass is 274 g/mol. The van der Waals surface area contributed by atoms with Crippen molar-refractivity contribution in [3.05, 3.63) is 71.3 Å². The second-order valence-electron chi connectivity index (χ2n) is 5.46. The Morgan fingerprint density at radius 2 is 1.57 bits per heavy atom. The number of hydrogen-bond acceptors (Lipinski definition) is 1. The van der Waals surface area contributed by atoms with Gasteiger partial charge in [0, 0.05) is 0 Å². The zero-order valence-corrected chi connectivity index (χ0v) is 11.5. The van der Waals surface area contributed by atoms with Gasteiger partial charge in [-0.15, -0.1) is 0 Å². The summed E-state index contributed by atoms with van der Waals surface area (Å²) in [7, 11) is 0. The first-order valence-corrected chi connectivity index (χ1v) is 7.12. The molecule has 0 aliphatic heterocycles. The number of benzene rings is 3. The molecule has 0 bridgehead atoms. The van der Waals surface area contributed by atoms with Gasteiger partial charge in [0.25, 0.3) is 0 Å². The standard InChI is InChI=1S/C19H14O2/c20-19(21)17-6-2-1-5-14(17)15-11-10-13-9-8-12-4-3-7-16(15)18(12)13/h1-7,10-11H,8-9H2,(H,20,21). The fourth-order valence-electron chi connectivity index (χ4n) is 3.39.